The average Bonchev–Trinajstić information content (AvgIpc) is 3.07. The zero-order valence-electron chi connectivity index (χ0n) is 22.7. The minimum atomic E-state index is -1.44. The molecule has 216 valence electrons. The van der Waals surface area contributed by atoms with Gasteiger partial charge in [0.25, 0.3) is 0 Å². The summed E-state index contributed by atoms with van der Waals surface area (Å²) in [4.78, 5) is 52.1. The van der Waals surface area contributed by atoms with Gasteiger partial charge in [-0.15, -0.1) is 0 Å². The van der Waals surface area contributed by atoms with Crippen molar-refractivity contribution in [3.8, 4) is 0 Å². The lowest BCUT2D eigenvalue weighted by atomic mass is 10.0. The summed E-state index contributed by atoms with van der Waals surface area (Å²) in [6.07, 6.45) is -2.86. The molecule has 0 unspecified atom stereocenters. The Labute approximate surface area is 247 Å². The van der Waals surface area contributed by atoms with Crippen LogP contribution < -0.4 is 0 Å². The highest BCUT2D eigenvalue weighted by Gasteiger charge is 2.45. The van der Waals surface area contributed by atoms with Crippen molar-refractivity contribution in [1.82, 2.24) is 0 Å². The maximum Gasteiger partial charge on any atom is 0.343 e. The molecule has 0 saturated carbocycles. The van der Waals surface area contributed by atoms with Crippen molar-refractivity contribution in [3.05, 3.63) is 156 Å². The molecule has 0 radical (unpaired) electrons. The highest BCUT2D eigenvalue weighted by molar-refractivity contribution is 5.92. The molecule has 3 atom stereocenters. The summed E-state index contributed by atoms with van der Waals surface area (Å²) in [5.41, 5.74) is 0.959. The molecule has 4 aromatic carbocycles. The molecule has 0 amide bonds. The third-order valence-corrected chi connectivity index (χ3v) is 6.41. The predicted octanol–water partition coefficient (Wildman–Crippen LogP) is 5.39. The molecule has 1 heterocycles. The van der Waals surface area contributed by atoms with Gasteiger partial charge in [-0.25, -0.2) is 19.2 Å². The van der Waals surface area contributed by atoms with Crippen molar-refractivity contribution in [3.63, 3.8) is 0 Å². The Hall–Kier alpha value is -5.70. The first-order chi connectivity index (χ1) is 21.0. The van der Waals surface area contributed by atoms with Crippen LogP contribution in [0.5, 0.6) is 0 Å². The lowest BCUT2D eigenvalue weighted by molar-refractivity contribution is -0.115. The Morgan fingerprint density at radius 3 is 1.44 bits per heavy atom. The van der Waals surface area contributed by atoms with Gasteiger partial charge in [-0.05, 0) is 48.5 Å². The van der Waals surface area contributed by atoms with Gasteiger partial charge < -0.3 is 23.7 Å². The zero-order chi connectivity index (χ0) is 30.0. The maximum atomic E-state index is 13.2. The summed E-state index contributed by atoms with van der Waals surface area (Å²) < 4.78 is 28.5. The van der Waals surface area contributed by atoms with Gasteiger partial charge >= 0.3 is 23.9 Å². The fourth-order valence-corrected chi connectivity index (χ4v) is 4.21. The molecule has 0 aromatic heterocycles. The van der Waals surface area contributed by atoms with E-state index < -0.39 is 42.2 Å². The standard InChI is InChI=1S/C34H26O9/c35-31(23-13-5-1-6-14-23)40-21-27-29(42-33(37)25-17-9-3-10-18-25)30(43-34(38)26-19-11-4-12-20-26)28(22-39-27)41-32(36)24-15-7-2-8-16-24/h1-20,22,27,29-30H,21H2/t27-,29-,30-/m1/s1. The minimum absolute atomic E-state index is 0.211. The van der Waals surface area contributed by atoms with E-state index in [0.29, 0.717) is 5.56 Å². The largest absolute Gasteiger partial charge is 0.487 e. The van der Waals surface area contributed by atoms with Crippen molar-refractivity contribution in [1.29, 1.82) is 0 Å². The molecule has 5 rings (SSSR count). The zero-order valence-corrected chi connectivity index (χ0v) is 22.7. The van der Waals surface area contributed by atoms with Crippen molar-refractivity contribution in [2.45, 2.75) is 18.3 Å². The summed E-state index contributed by atoms with van der Waals surface area (Å²) in [6, 6.07) is 32.8. The second kappa shape index (κ2) is 13.8. The Balaban J connectivity index is 1.46. The van der Waals surface area contributed by atoms with Gasteiger partial charge in [-0.3, -0.25) is 0 Å². The van der Waals surface area contributed by atoms with Crippen LogP contribution in [0, 0.1) is 0 Å². The fourth-order valence-electron chi connectivity index (χ4n) is 4.21. The molecule has 9 nitrogen and oxygen atoms in total. The number of carbonyl (C=O) groups excluding carboxylic acids is 4. The second-order valence-corrected chi connectivity index (χ2v) is 9.34. The highest BCUT2D eigenvalue weighted by atomic mass is 16.6. The van der Waals surface area contributed by atoms with Crippen LogP contribution in [-0.4, -0.2) is 48.8 Å². The molecular weight excluding hydrogens is 552 g/mol. The number of esters is 4. The number of rotatable bonds is 9. The van der Waals surface area contributed by atoms with Crippen LogP contribution in [0.1, 0.15) is 41.4 Å². The molecule has 4 aromatic rings. The molecule has 0 bridgehead atoms. The average molecular weight is 579 g/mol. The van der Waals surface area contributed by atoms with Crippen LogP contribution in [0.25, 0.3) is 0 Å². The fraction of sp³-hybridized carbons (Fsp3) is 0.118. The summed E-state index contributed by atoms with van der Waals surface area (Å²) in [7, 11) is 0. The monoisotopic (exact) mass is 578 g/mol. The van der Waals surface area contributed by atoms with E-state index in [1.165, 1.54) is 0 Å². The predicted molar refractivity (Wildman–Crippen MR) is 153 cm³/mol. The Morgan fingerprint density at radius 1 is 0.535 bits per heavy atom. The van der Waals surface area contributed by atoms with Crippen molar-refractivity contribution in [2.24, 2.45) is 0 Å². The molecule has 1 aliphatic heterocycles. The number of hydrogen-bond donors (Lipinski definition) is 0. The van der Waals surface area contributed by atoms with Crippen molar-refractivity contribution in [2.75, 3.05) is 6.61 Å². The quantitative estimate of drug-likeness (QED) is 0.190. The Bertz CT molecular complexity index is 1590. The summed E-state index contributed by atoms with van der Waals surface area (Å²) in [5, 5.41) is 0. The van der Waals surface area contributed by atoms with E-state index in [-0.39, 0.29) is 29.1 Å². The highest BCUT2D eigenvalue weighted by Crippen LogP contribution is 2.29. The lowest BCUT2D eigenvalue weighted by Crippen LogP contribution is -2.50. The lowest BCUT2D eigenvalue weighted by Gasteiger charge is -2.35. The van der Waals surface area contributed by atoms with Crippen molar-refractivity contribution < 1.29 is 42.9 Å². The topological polar surface area (TPSA) is 114 Å². The van der Waals surface area contributed by atoms with E-state index in [4.69, 9.17) is 23.7 Å². The molecular formula is C34H26O9. The minimum Gasteiger partial charge on any atom is -0.487 e. The van der Waals surface area contributed by atoms with E-state index >= 15 is 0 Å². The third-order valence-electron chi connectivity index (χ3n) is 6.41. The van der Waals surface area contributed by atoms with Gasteiger partial charge in [0.2, 0.25) is 6.10 Å². The summed E-state index contributed by atoms with van der Waals surface area (Å²) in [6.45, 7) is -0.379. The third kappa shape index (κ3) is 7.34. The van der Waals surface area contributed by atoms with E-state index in [1.807, 2.05) is 0 Å². The molecule has 9 heteroatoms. The molecule has 0 spiro atoms. The first-order valence-electron chi connectivity index (χ1n) is 13.4. The molecule has 43 heavy (non-hydrogen) atoms. The van der Waals surface area contributed by atoms with Crippen LogP contribution >= 0.6 is 0 Å². The maximum absolute atomic E-state index is 13.2. The van der Waals surface area contributed by atoms with E-state index in [2.05, 4.69) is 0 Å². The molecule has 1 aliphatic rings. The Morgan fingerprint density at radius 2 is 0.953 bits per heavy atom. The first kappa shape index (κ1) is 28.8. The molecule has 0 aliphatic carbocycles. The van der Waals surface area contributed by atoms with Crippen LogP contribution in [0.4, 0.5) is 0 Å². The first-order valence-corrected chi connectivity index (χ1v) is 13.4. The number of hydrogen-bond acceptors (Lipinski definition) is 9. The van der Waals surface area contributed by atoms with E-state index in [9.17, 15) is 19.2 Å². The summed E-state index contributed by atoms with van der Waals surface area (Å²) >= 11 is 0. The molecule has 0 saturated heterocycles. The van der Waals surface area contributed by atoms with E-state index in [1.54, 1.807) is 121 Å². The second-order valence-electron chi connectivity index (χ2n) is 9.34. The molecule has 0 fully saturated rings. The van der Waals surface area contributed by atoms with Gasteiger partial charge in [-0.2, -0.15) is 0 Å². The SMILES string of the molecule is O=C(OC[C@H]1OC=C(OC(=O)c2ccccc2)[C@@H](OC(=O)c2ccccc2)[C@@H]1OC(=O)c1ccccc1)c1ccccc1. The summed E-state index contributed by atoms with van der Waals surface area (Å²) in [5.74, 6) is -3.13. The number of benzene rings is 4. The van der Waals surface area contributed by atoms with E-state index in [0.717, 1.165) is 6.26 Å². The Kier molecular flexibility index (Phi) is 9.23. The van der Waals surface area contributed by atoms with Gasteiger partial charge in [0.1, 0.15) is 12.9 Å². The van der Waals surface area contributed by atoms with Gasteiger partial charge in [0, 0.05) is 0 Å². The smallest absolute Gasteiger partial charge is 0.343 e. The van der Waals surface area contributed by atoms with Gasteiger partial charge in [0.05, 0.1) is 22.3 Å². The normalized spacial score (nSPS) is 17.4. The van der Waals surface area contributed by atoms with Crippen LogP contribution in [0.2, 0.25) is 0 Å². The number of ether oxygens (including phenoxy) is 5. The van der Waals surface area contributed by atoms with Crippen LogP contribution in [-0.2, 0) is 23.7 Å². The molecule has 0 N–H and O–H groups in total. The van der Waals surface area contributed by atoms with Gasteiger partial charge in [-0.1, -0.05) is 72.8 Å². The van der Waals surface area contributed by atoms with Crippen LogP contribution in [0.3, 0.4) is 0 Å². The number of carbonyl (C=O) groups is 4. The van der Waals surface area contributed by atoms with Crippen LogP contribution in [0.15, 0.2) is 133 Å². The van der Waals surface area contributed by atoms with Gasteiger partial charge in [0.15, 0.2) is 18.0 Å². The van der Waals surface area contributed by atoms with Crippen molar-refractivity contribution >= 4 is 23.9 Å².